The summed E-state index contributed by atoms with van der Waals surface area (Å²) in [5.74, 6) is -0.330. The van der Waals surface area contributed by atoms with Gasteiger partial charge in [0, 0.05) is 0 Å². The predicted octanol–water partition coefficient (Wildman–Crippen LogP) is 4.40. The van der Waals surface area contributed by atoms with Gasteiger partial charge in [-0.25, -0.2) is 4.39 Å². The van der Waals surface area contributed by atoms with Crippen molar-refractivity contribution >= 4 is 0 Å². The molecule has 0 aromatic heterocycles. The van der Waals surface area contributed by atoms with Gasteiger partial charge in [-0.05, 0) is 24.1 Å². The van der Waals surface area contributed by atoms with Gasteiger partial charge in [0.25, 0.3) is 0 Å². The van der Waals surface area contributed by atoms with E-state index >= 15 is 0 Å². The molecule has 0 spiro atoms. The molecule has 0 saturated heterocycles. The van der Waals surface area contributed by atoms with E-state index in [-0.39, 0.29) is 11.7 Å². The van der Waals surface area contributed by atoms with Gasteiger partial charge in [-0.15, -0.1) is 0 Å². The minimum atomic E-state index is -0.244. The van der Waals surface area contributed by atoms with Crippen molar-refractivity contribution in [1.29, 1.82) is 5.26 Å². The van der Waals surface area contributed by atoms with Crippen LogP contribution in [0.4, 0.5) is 4.39 Å². The summed E-state index contributed by atoms with van der Waals surface area (Å²) in [5.41, 5.74) is 0.931. The van der Waals surface area contributed by atoms with Gasteiger partial charge in [0.05, 0.1) is 12.0 Å². The van der Waals surface area contributed by atoms with Crippen molar-refractivity contribution in [1.82, 2.24) is 0 Å². The Morgan fingerprint density at radius 1 is 1.19 bits per heavy atom. The van der Waals surface area contributed by atoms with E-state index in [4.69, 9.17) is 5.26 Å². The van der Waals surface area contributed by atoms with Crippen LogP contribution >= 0.6 is 0 Å². The standard InChI is InChI=1S/C14H18FN/c1-2-3-4-5-6-13(11-16)12-7-9-14(15)10-8-12/h7-10,13H,2-6H2,1H3. The van der Waals surface area contributed by atoms with Crippen LogP contribution in [0, 0.1) is 17.1 Å². The van der Waals surface area contributed by atoms with Crippen LogP contribution in [0.1, 0.15) is 50.5 Å². The number of benzene rings is 1. The van der Waals surface area contributed by atoms with Crippen molar-refractivity contribution < 1.29 is 4.39 Å². The lowest BCUT2D eigenvalue weighted by molar-refractivity contribution is 0.604. The molecular weight excluding hydrogens is 201 g/mol. The molecule has 16 heavy (non-hydrogen) atoms. The van der Waals surface area contributed by atoms with E-state index in [9.17, 15) is 4.39 Å². The number of unbranched alkanes of at least 4 members (excludes halogenated alkanes) is 3. The Balaban J connectivity index is 2.48. The van der Waals surface area contributed by atoms with Gasteiger partial charge in [0.1, 0.15) is 5.82 Å². The fourth-order valence-electron chi connectivity index (χ4n) is 1.78. The van der Waals surface area contributed by atoms with Crippen LogP contribution in [-0.4, -0.2) is 0 Å². The first-order valence-corrected chi connectivity index (χ1v) is 5.93. The molecule has 0 saturated carbocycles. The van der Waals surface area contributed by atoms with Crippen molar-refractivity contribution in [3.63, 3.8) is 0 Å². The van der Waals surface area contributed by atoms with E-state index in [1.165, 1.54) is 31.4 Å². The smallest absolute Gasteiger partial charge is 0.123 e. The first-order valence-electron chi connectivity index (χ1n) is 5.93. The lowest BCUT2D eigenvalue weighted by Gasteiger charge is -2.08. The lowest BCUT2D eigenvalue weighted by atomic mass is 9.94. The molecule has 0 aliphatic rings. The molecule has 0 aliphatic carbocycles. The van der Waals surface area contributed by atoms with Gasteiger partial charge < -0.3 is 0 Å². The molecule has 0 bridgehead atoms. The Labute approximate surface area is 96.9 Å². The van der Waals surface area contributed by atoms with E-state index in [0.29, 0.717) is 0 Å². The summed E-state index contributed by atoms with van der Waals surface area (Å²) in [6.07, 6.45) is 5.55. The number of halogens is 1. The maximum absolute atomic E-state index is 12.7. The summed E-state index contributed by atoms with van der Waals surface area (Å²) in [7, 11) is 0. The zero-order valence-electron chi connectivity index (χ0n) is 9.75. The Kier molecular flexibility index (Phi) is 5.56. The Morgan fingerprint density at radius 2 is 1.88 bits per heavy atom. The van der Waals surface area contributed by atoms with E-state index in [2.05, 4.69) is 13.0 Å². The van der Waals surface area contributed by atoms with Gasteiger partial charge in [0.2, 0.25) is 0 Å². The average Bonchev–Trinajstić information content (AvgIpc) is 2.31. The second-order valence-corrected chi connectivity index (χ2v) is 4.08. The van der Waals surface area contributed by atoms with Crippen LogP contribution in [0.2, 0.25) is 0 Å². The number of hydrogen-bond acceptors (Lipinski definition) is 1. The topological polar surface area (TPSA) is 23.8 Å². The van der Waals surface area contributed by atoms with Crippen LogP contribution in [0.15, 0.2) is 24.3 Å². The molecule has 1 rings (SSSR count). The highest BCUT2D eigenvalue weighted by Crippen LogP contribution is 2.22. The molecule has 86 valence electrons. The van der Waals surface area contributed by atoms with Crippen molar-refractivity contribution in [2.45, 2.75) is 44.9 Å². The highest BCUT2D eigenvalue weighted by atomic mass is 19.1. The van der Waals surface area contributed by atoms with Gasteiger partial charge in [-0.1, -0.05) is 44.7 Å². The Morgan fingerprint density at radius 3 is 2.44 bits per heavy atom. The summed E-state index contributed by atoms with van der Waals surface area (Å²) in [6.45, 7) is 2.17. The summed E-state index contributed by atoms with van der Waals surface area (Å²) in [5, 5.41) is 9.06. The molecule has 1 aromatic carbocycles. The highest BCUT2D eigenvalue weighted by molar-refractivity contribution is 5.25. The minimum absolute atomic E-state index is 0.0857. The lowest BCUT2D eigenvalue weighted by Crippen LogP contribution is -1.96. The van der Waals surface area contributed by atoms with E-state index in [0.717, 1.165) is 18.4 Å². The number of nitrogens with zero attached hydrogens (tertiary/aromatic N) is 1. The normalized spacial score (nSPS) is 12.1. The zero-order chi connectivity index (χ0) is 11.8. The molecule has 1 unspecified atom stereocenters. The molecule has 2 heteroatoms. The first-order chi connectivity index (χ1) is 7.77. The maximum atomic E-state index is 12.7. The molecule has 0 N–H and O–H groups in total. The monoisotopic (exact) mass is 219 g/mol. The van der Waals surface area contributed by atoms with E-state index in [1.807, 2.05) is 0 Å². The van der Waals surface area contributed by atoms with Crippen LogP contribution < -0.4 is 0 Å². The summed E-state index contributed by atoms with van der Waals surface area (Å²) in [6, 6.07) is 8.56. The molecule has 1 atom stereocenters. The number of nitriles is 1. The van der Waals surface area contributed by atoms with Crippen molar-refractivity contribution in [2.24, 2.45) is 0 Å². The van der Waals surface area contributed by atoms with Crippen LogP contribution in [0.5, 0.6) is 0 Å². The first kappa shape index (κ1) is 12.7. The van der Waals surface area contributed by atoms with Crippen molar-refractivity contribution in [2.75, 3.05) is 0 Å². The van der Waals surface area contributed by atoms with Crippen LogP contribution in [0.25, 0.3) is 0 Å². The van der Waals surface area contributed by atoms with Gasteiger partial charge in [-0.2, -0.15) is 5.26 Å². The Hall–Kier alpha value is -1.36. The molecule has 1 nitrogen and oxygen atoms in total. The highest BCUT2D eigenvalue weighted by Gasteiger charge is 2.09. The maximum Gasteiger partial charge on any atom is 0.123 e. The molecule has 1 aromatic rings. The average molecular weight is 219 g/mol. The van der Waals surface area contributed by atoms with Gasteiger partial charge in [0.15, 0.2) is 0 Å². The second-order valence-electron chi connectivity index (χ2n) is 4.08. The third-order valence-corrected chi connectivity index (χ3v) is 2.77. The summed E-state index contributed by atoms with van der Waals surface area (Å²) in [4.78, 5) is 0. The fraction of sp³-hybridized carbons (Fsp3) is 0.500. The van der Waals surface area contributed by atoms with Crippen LogP contribution in [0.3, 0.4) is 0 Å². The molecular formula is C14H18FN. The molecule has 0 amide bonds. The SMILES string of the molecule is CCCCCCC(C#N)c1ccc(F)cc1. The molecule has 0 fully saturated rings. The molecule has 0 radical (unpaired) electrons. The number of rotatable bonds is 6. The third-order valence-electron chi connectivity index (χ3n) is 2.77. The third kappa shape index (κ3) is 4.02. The summed E-state index contributed by atoms with van der Waals surface area (Å²) < 4.78 is 12.7. The van der Waals surface area contributed by atoms with Crippen LogP contribution in [-0.2, 0) is 0 Å². The second kappa shape index (κ2) is 7.00. The summed E-state index contributed by atoms with van der Waals surface area (Å²) >= 11 is 0. The zero-order valence-corrected chi connectivity index (χ0v) is 9.75. The van der Waals surface area contributed by atoms with Crippen molar-refractivity contribution in [3.05, 3.63) is 35.6 Å². The van der Waals surface area contributed by atoms with E-state index in [1.54, 1.807) is 12.1 Å². The fourth-order valence-corrected chi connectivity index (χ4v) is 1.78. The number of hydrogen-bond donors (Lipinski definition) is 0. The quantitative estimate of drug-likeness (QED) is 0.650. The van der Waals surface area contributed by atoms with Gasteiger partial charge in [-0.3, -0.25) is 0 Å². The largest absolute Gasteiger partial charge is 0.207 e. The Bertz CT molecular complexity index is 337. The molecule has 0 aliphatic heterocycles. The molecule has 0 heterocycles. The van der Waals surface area contributed by atoms with Gasteiger partial charge >= 0.3 is 0 Å². The predicted molar refractivity (Wildman–Crippen MR) is 63.5 cm³/mol. The van der Waals surface area contributed by atoms with E-state index < -0.39 is 0 Å². The van der Waals surface area contributed by atoms with Crippen molar-refractivity contribution in [3.8, 4) is 6.07 Å². The minimum Gasteiger partial charge on any atom is -0.207 e.